The molecule has 15 heteroatoms. The predicted molar refractivity (Wildman–Crippen MR) is 130 cm³/mol. The Labute approximate surface area is 204 Å². The molecule has 3 amide bonds. The Bertz CT molecular complexity index is 1170. The maximum atomic E-state index is 12.4. The molecule has 1 aromatic heterocycles. The zero-order valence-corrected chi connectivity index (χ0v) is 19.2. The first kappa shape index (κ1) is 25.4. The molecule has 0 fully saturated rings. The number of fused-ring (bicyclic) bond motifs is 1. The second-order valence-corrected chi connectivity index (χ2v) is 7.82. The van der Waals surface area contributed by atoms with E-state index in [0.29, 0.717) is 18.6 Å². The summed E-state index contributed by atoms with van der Waals surface area (Å²) in [4.78, 5) is 66.7. The number of anilines is 4. The third-order valence-corrected chi connectivity index (χ3v) is 5.51. The molecule has 0 bridgehead atoms. The zero-order valence-electron chi connectivity index (χ0n) is 18.3. The second kappa shape index (κ2) is 11.2. The predicted octanol–water partition coefficient (Wildman–Crippen LogP) is -0.855. The van der Waals surface area contributed by atoms with E-state index in [4.69, 9.17) is 5.73 Å². The Morgan fingerprint density at radius 3 is 2.66 bits per heavy atom. The molecule has 186 valence electrons. The van der Waals surface area contributed by atoms with Crippen LogP contribution in [-0.4, -0.2) is 64.4 Å². The number of hydrogen-bond acceptors (Lipinski definition) is 10. The van der Waals surface area contributed by atoms with Crippen LogP contribution in [0.5, 0.6) is 0 Å². The van der Waals surface area contributed by atoms with Crippen LogP contribution in [0.15, 0.2) is 29.1 Å². The number of carbonyl (C=O) groups is 4. The zero-order chi connectivity index (χ0) is 25.5. The van der Waals surface area contributed by atoms with E-state index in [0.717, 1.165) is 0 Å². The number of amides is 3. The lowest BCUT2D eigenvalue weighted by Gasteiger charge is -2.34. The van der Waals surface area contributed by atoms with Crippen molar-refractivity contribution < 1.29 is 24.3 Å². The molecule has 8 N–H and O–H groups in total. The van der Waals surface area contributed by atoms with Gasteiger partial charge in [-0.3, -0.25) is 24.2 Å². The van der Waals surface area contributed by atoms with E-state index < -0.39 is 35.4 Å². The highest BCUT2D eigenvalue weighted by Gasteiger charge is 2.29. The first-order valence-electron chi connectivity index (χ1n) is 10.4. The number of nitrogens with zero attached hydrogens (tertiary/aromatic N) is 2. The van der Waals surface area contributed by atoms with Crippen LogP contribution in [0.4, 0.5) is 23.1 Å². The van der Waals surface area contributed by atoms with Gasteiger partial charge < -0.3 is 36.4 Å². The van der Waals surface area contributed by atoms with E-state index in [1.54, 1.807) is 12.1 Å². The van der Waals surface area contributed by atoms with Crippen LogP contribution in [0.2, 0.25) is 0 Å². The summed E-state index contributed by atoms with van der Waals surface area (Å²) in [6.45, 7) is 0.589. The number of rotatable bonds is 10. The average Bonchev–Trinajstić information content (AvgIpc) is 2.84. The van der Waals surface area contributed by atoms with Gasteiger partial charge in [0, 0.05) is 30.8 Å². The quantitative estimate of drug-likeness (QED) is 0.148. The number of H-pyrrole nitrogens is 1. The monoisotopic (exact) mass is 504 g/mol. The summed E-state index contributed by atoms with van der Waals surface area (Å²) >= 11 is 3.60. The van der Waals surface area contributed by atoms with E-state index in [1.165, 1.54) is 17.0 Å². The Morgan fingerprint density at radius 2 is 2.03 bits per heavy atom. The van der Waals surface area contributed by atoms with Crippen molar-refractivity contribution in [1.29, 1.82) is 0 Å². The summed E-state index contributed by atoms with van der Waals surface area (Å²) in [5.74, 6) is -2.18. The van der Waals surface area contributed by atoms with Gasteiger partial charge in [-0.05, 0) is 30.7 Å². The van der Waals surface area contributed by atoms with Crippen molar-refractivity contribution in [2.75, 3.05) is 34.4 Å². The van der Waals surface area contributed by atoms with Gasteiger partial charge in [0.15, 0.2) is 11.5 Å². The third kappa shape index (κ3) is 6.20. The molecule has 0 saturated heterocycles. The highest BCUT2D eigenvalue weighted by atomic mass is 32.1. The number of aliphatic carboxylic acids is 1. The minimum atomic E-state index is -1.26. The van der Waals surface area contributed by atoms with Crippen molar-refractivity contribution in [2.45, 2.75) is 24.9 Å². The number of nitrogens with two attached hydrogens (primary N) is 1. The van der Waals surface area contributed by atoms with Crippen LogP contribution in [0.3, 0.4) is 0 Å². The first-order chi connectivity index (χ1) is 16.7. The minimum Gasteiger partial charge on any atom is -0.480 e. The molecular formula is C20H24N8O6S. The molecule has 1 aliphatic heterocycles. The van der Waals surface area contributed by atoms with Crippen molar-refractivity contribution in [3.63, 3.8) is 0 Å². The van der Waals surface area contributed by atoms with E-state index in [2.05, 4.69) is 43.5 Å². The molecule has 2 aromatic rings. The normalized spacial score (nSPS) is 15.2. The molecule has 2 atom stereocenters. The van der Waals surface area contributed by atoms with E-state index in [1.807, 2.05) is 0 Å². The fraction of sp³-hybridized carbons (Fsp3) is 0.300. The molecular weight excluding hydrogens is 480 g/mol. The van der Waals surface area contributed by atoms with Gasteiger partial charge in [0.1, 0.15) is 6.04 Å². The smallest absolute Gasteiger partial charge is 0.326 e. The lowest BCUT2D eigenvalue weighted by atomic mass is 10.1. The lowest BCUT2D eigenvalue weighted by molar-refractivity contribution is -0.139. The molecule has 3 rings (SSSR count). The third-order valence-electron chi connectivity index (χ3n) is 5.26. The molecule has 0 spiro atoms. The molecule has 1 unspecified atom stereocenters. The Morgan fingerprint density at radius 1 is 1.31 bits per heavy atom. The maximum Gasteiger partial charge on any atom is 0.326 e. The van der Waals surface area contributed by atoms with Crippen LogP contribution in [0.25, 0.3) is 0 Å². The van der Waals surface area contributed by atoms with Crippen molar-refractivity contribution in [3.05, 3.63) is 40.2 Å². The Balaban J connectivity index is 1.60. The van der Waals surface area contributed by atoms with Gasteiger partial charge in [0.2, 0.25) is 18.3 Å². The number of carbonyl (C=O) groups excluding carboxylic acids is 3. The highest BCUT2D eigenvalue weighted by molar-refractivity contribution is 7.78. The number of carboxylic acid groups (broad SMARTS) is 1. The molecule has 0 aliphatic carbocycles. The molecule has 1 aliphatic rings. The molecule has 1 aromatic carbocycles. The number of benzene rings is 1. The topological polar surface area (TPSA) is 212 Å². The fourth-order valence-corrected chi connectivity index (χ4v) is 3.57. The molecule has 0 saturated carbocycles. The highest BCUT2D eigenvalue weighted by Crippen LogP contribution is 2.25. The average molecular weight is 505 g/mol. The number of carboxylic acids is 1. The Hall–Kier alpha value is -4.27. The SMILES string of the molecule is Nc1nc2c(c(=O)[nH]1)N(C=O)C(CNc1ccc(C(=O)N[C@@H](CCC(=O)NS)C(=O)O)cc1)CN2. The standard InChI is InChI=1S/C20H24N8O6S/c21-20-25-16-15(18(32)26-20)28(9-29)12(8-23-16)7-22-11-3-1-10(2-4-11)17(31)24-13(19(33)34)5-6-14(30)27-35/h1-4,9,12-13,22,35H,5-8H2,(H,24,31)(H,27,30)(H,33,34)(H4,21,23,25,26,32)/t12?,13-/m0/s1. The molecule has 0 radical (unpaired) electrons. The maximum absolute atomic E-state index is 12.4. The largest absolute Gasteiger partial charge is 0.480 e. The van der Waals surface area contributed by atoms with Gasteiger partial charge in [-0.25, -0.2) is 4.79 Å². The van der Waals surface area contributed by atoms with Crippen LogP contribution >= 0.6 is 12.8 Å². The van der Waals surface area contributed by atoms with Crippen molar-refractivity contribution >= 4 is 60.1 Å². The number of nitrogens with one attached hydrogen (secondary N) is 5. The second-order valence-electron chi connectivity index (χ2n) is 7.59. The van der Waals surface area contributed by atoms with E-state index in [-0.39, 0.29) is 42.4 Å². The van der Waals surface area contributed by atoms with Crippen molar-refractivity contribution in [2.24, 2.45) is 0 Å². The fourth-order valence-electron chi connectivity index (χ4n) is 3.46. The van der Waals surface area contributed by atoms with Crippen LogP contribution in [-0.2, 0) is 14.4 Å². The summed E-state index contributed by atoms with van der Waals surface area (Å²) in [5, 5.41) is 17.8. The number of aromatic nitrogens is 2. The molecule has 14 nitrogen and oxygen atoms in total. The van der Waals surface area contributed by atoms with Crippen LogP contribution < -0.4 is 36.9 Å². The van der Waals surface area contributed by atoms with Crippen molar-refractivity contribution in [1.82, 2.24) is 20.0 Å². The molecule has 2 heterocycles. The van der Waals surface area contributed by atoms with Gasteiger partial charge in [-0.15, -0.1) is 0 Å². The summed E-state index contributed by atoms with van der Waals surface area (Å²) < 4.78 is 2.09. The summed E-state index contributed by atoms with van der Waals surface area (Å²) in [7, 11) is 0. The first-order valence-corrected chi connectivity index (χ1v) is 10.9. The lowest BCUT2D eigenvalue weighted by Crippen LogP contribution is -2.50. The number of thiol groups is 1. The van der Waals surface area contributed by atoms with Gasteiger partial charge in [0.05, 0.1) is 6.04 Å². The van der Waals surface area contributed by atoms with Gasteiger partial charge in [-0.2, -0.15) is 4.98 Å². The summed E-state index contributed by atoms with van der Waals surface area (Å²) in [5.41, 5.74) is 5.92. The van der Waals surface area contributed by atoms with E-state index >= 15 is 0 Å². The van der Waals surface area contributed by atoms with Gasteiger partial charge in [0.25, 0.3) is 11.5 Å². The van der Waals surface area contributed by atoms with Crippen molar-refractivity contribution in [3.8, 4) is 0 Å². The molecule has 35 heavy (non-hydrogen) atoms. The van der Waals surface area contributed by atoms with Crippen LogP contribution in [0.1, 0.15) is 23.2 Å². The number of nitrogen functional groups attached to an aromatic ring is 1. The van der Waals surface area contributed by atoms with Gasteiger partial charge >= 0.3 is 5.97 Å². The number of hydrogen-bond donors (Lipinski definition) is 8. The Kier molecular flexibility index (Phi) is 8.14. The summed E-state index contributed by atoms with van der Waals surface area (Å²) in [6, 6.07) is 4.57. The minimum absolute atomic E-state index is 0.0642. The van der Waals surface area contributed by atoms with Gasteiger partial charge in [-0.1, -0.05) is 12.8 Å². The van der Waals surface area contributed by atoms with E-state index in [9.17, 15) is 29.1 Å². The summed E-state index contributed by atoms with van der Waals surface area (Å²) in [6.07, 6.45) is 0.340. The van der Waals surface area contributed by atoms with Crippen LogP contribution in [0, 0.1) is 0 Å². The number of aromatic amines is 1.